The smallest absolute Gasteiger partial charge is 0.216 e. The van der Waals surface area contributed by atoms with E-state index in [9.17, 15) is 8.42 Å². The Labute approximate surface area is 190 Å². The third kappa shape index (κ3) is 5.68. The van der Waals surface area contributed by atoms with Gasteiger partial charge in [0.2, 0.25) is 5.88 Å². The number of aryl methyl sites for hydroxylation is 1. The van der Waals surface area contributed by atoms with Gasteiger partial charge in [0.1, 0.15) is 0 Å². The van der Waals surface area contributed by atoms with Crippen LogP contribution >= 0.6 is 11.6 Å². The van der Waals surface area contributed by atoms with Gasteiger partial charge in [-0.3, -0.25) is 0 Å². The van der Waals surface area contributed by atoms with E-state index in [1.807, 2.05) is 12.1 Å². The Morgan fingerprint density at radius 3 is 2.61 bits per heavy atom. The van der Waals surface area contributed by atoms with Gasteiger partial charge in [-0.2, -0.15) is 0 Å². The minimum absolute atomic E-state index is 0.0958. The van der Waals surface area contributed by atoms with Crippen LogP contribution in [0.4, 0.5) is 0 Å². The fourth-order valence-corrected chi connectivity index (χ4v) is 5.93. The van der Waals surface area contributed by atoms with Gasteiger partial charge in [0.15, 0.2) is 9.84 Å². The Bertz CT molecular complexity index is 1040. The maximum atomic E-state index is 12.6. The molecule has 0 amide bonds. The normalized spacial score (nSPS) is 15.4. The summed E-state index contributed by atoms with van der Waals surface area (Å²) in [4.78, 5) is 4.84. The molecule has 7 heteroatoms. The molecule has 31 heavy (non-hydrogen) atoms. The van der Waals surface area contributed by atoms with E-state index in [2.05, 4.69) is 13.0 Å². The third-order valence-corrected chi connectivity index (χ3v) is 8.02. The summed E-state index contributed by atoms with van der Waals surface area (Å²) in [5.74, 6) is 0.928. The molecule has 0 atom stereocenters. The standard InChI is InChI=1S/C24H30ClNO4S/c1-3-18-9-11-22(26-24(18)30-2)20(15-17-7-4-5-8-17)19-10-12-23(21(25)16-19)31(28,29)14-6-13-27/h9-12,15-17,27H,3-8,13-14H2,1-2H3/b20-15+. The number of hydrogen-bond donors (Lipinski definition) is 1. The fraction of sp³-hybridized carbons (Fsp3) is 0.458. The first-order valence-corrected chi connectivity index (χ1v) is 12.8. The molecule has 1 N–H and O–H groups in total. The number of methoxy groups -OCH3 is 1. The van der Waals surface area contributed by atoms with E-state index >= 15 is 0 Å². The monoisotopic (exact) mass is 463 g/mol. The Hall–Kier alpha value is -1.89. The van der Waals surface area contributed by atoms with E-state index in [0.29, 0.717) is 11.8 Å². The highest BCUT2D eigenvalue weighted by molar-refractivity contribution is 7.91. The van der Waals surface area contributed by atoms with Crippen LogP contribution in [0.15, 0.2) is 41.3 Å². The van der Waals surface area contributed by atoms with Gasteiger partial charge in [0.05, 0.1) is 28.5 Å². The van der Waals surface area contributed by atoms with Gasteiger partial charge in [0, 0.05) is 17.7 Å². The Morgan fingerprint density at radius 1 is 1.26 bits per heavy atom. The molecular formula is C24H30ClNO4S. The van der Waals surface area contributed by atoms with Gasteiger partial charge in [-0.15, -0.1) is 0 Å². The molecular weight excluding hydrogens is 434 g/mol. The summed E-state index contributed by atoms with van der Waals surface area (Å²) in [6.45, 7) is 1.88. The van der Waals surface area contributed by atoms with E-state index in [1.54, 1.807) is 25.3 Å². The minimum Gasteiger partial charge on any atom is -0.481 e. The maximum absolute atomic E-state index is 12.6. The lowest BCUT2D eigenvalue weighted by atomic mass is 9.95. The Balaban J connectivity index is 2.06. The van der Waals surface area contributed by atoms with E-state index < -0.39 is 9.84 Å². The number of halogens is 1. The Morgan fingerprint density at radius 2 is 2.00 bits per heavy atom. The Kier molecular flexibility index (Phi) is 8.14. The maximum Gasteiger partial charge on any atom is 0.216 e. The first-order chi connectivity index (χ1) is 14.9. The topological polar surface area (TPSA) is 76.5 Å². The number of aromatic nitrogens is 1. The number of aliphatic hydroxyl groups excluding tert-OH is 1. The largest absolute Gasteiger partial charge is 0.481 e. The zero-order valence-electron chi connectivity index (χ0n) is 18.1. The minimum atomic E-state index is -3.55. The number of allylic oxidation sites excluding steroid dienone is 1. The van der Waals surface area contributed by atoms with Gasteiger partial charge in [-0.05, 0) is 55.4 Å². The van der Waals surface area contributed by atoms with Crippen molar-refractivity contribution >= 4 is 27.0 Å². The van der Waals surface area contributed by atoms with Gasteiger partial charge in [-0.1, -0.05) is 49.6 Å². The van der Waals surface area contributed by atoms with Gasteiger partial charge in [0.25, 0.3) is 0 Å². The third-order valence-electron chi connectivity index (χ3n) is 5.74. The zero-order chi connectivity index (χ0) is 22.4. The van der Waals surface area contributed by atoms with Crippen molar-refractivity contribution in [2.24, 2.45) is 5.92 Å². The van der Waals surface area contributed by atoms with Crippen molar-refractivity contribution in [3.63, 3.8) is 0 Å². The number of pyridine rings is 1. The second kappa shape index (κ2) is 10.6. The molecule has 0 bridgehead atoms. The predicted octanol–water partition coefficient (Wildman–Crippen LogP) is 5.08. The average Bonchev–Trinajstić information content (AvgIpc) is 3.28. The van der Waals surface area contributed by atoms with E-state index in [1.165, 1.54) is 12.8 Å². The summed E-state index contributed by atoms with van der Waals surface area (Å²) < 4.78 is 30.6. The van der Waals surface area contributed by atoms with Crippen molar-refractivity contribution in [1.82, 2.24) is 4.98 Å². The second-order valence-corrected chi connectivity index (χ2v) is 10.4. The van der Waals surface area contributed by atoms with Crippen molar-refractivity contribution < 1.29 is 18.3 Å². The van der Waals surface area contributed by atoms with Gasteiger partial charge in [-0.25, -0.2) is 13.4 Å². The molecule has 0 aliphatic heterocycles. The molecule has 0 radical (unpaired) electrons. The van der Waals surface area contributed by atoms with Crippen LogP contribution in [0.2, 0.25) is 5.02 Å². The molecule has 1 fully saturated rings. The van der Waals surface area contributed by atoms with Crippen molar-refractivity contribution in [3.05, 3.63) is 58.3 Å². The van der Waals surface area contributed by atoms with Crippen molar-refractivity contribution in [3.8, 4) is 5.88 Å². The number of rotatable bonds is 9. The first kappa shape index (κ1) is 23.8. The molecule has 1 heterocycles. The molecule has 1 aliphatic carbocycles. The lowest BCUT2D eigenvalue weighted by molar-refractivity contribution is 0.295. The van der Waals surface area contributed by atoms with Crippen LogP contribution in [0.25, 0.3) is 5.57 Å². The van der Waals surface area contributed by atoms with Crippen molar-refractivity contribution in [2.45, 2.75) is 50.3 Å². The quantitative estimate of drug-likeness (QED) is 0.560. The molecule has 0 unspecified atom stereocenters. The first-order valence-electron chi connectivity index (χ1n) is 10.8. The summed E-state index contributed by atoms with van der Waals surface area (Å²) >= 11 is 6.43. The molecule has 168 valence electrons. The number of aliphatic hydroxyl groups is 1. The molecule has 3 rings (SSSR count). The highest BCUT2D eigenvalue weighted by Gasteiger charge is 2.21. The number of benzene rings is 1. The highest BCUT2D eigenvalue weighted by Crippen LogP contribution is 2.35. The summed E-state index contributed by atoms with van der Waals surface area (Å²) in [6.07, 6.45) is 7.94. The summed E-state index contributed by atoms with van der Waals surface area (Å²) in [6, 6.07) is 9.07. The highest BCUT2D eigenvalue weighted by atomic mass is 35.5. The lowest BCUT2D eigenvalue weighted by Gasteiger charge is -2.15. The molecule has 1 aromatic carbocycles. The fourth-order valence-electron chi connectivity index (χ4n) is 4.04. The molecule has 1 saturated carbocycles. The number of nitrogens with zero attached hydrogens (tertiary/aromatic N) is 1. The average molecular weight is 464 g/mol. The molecule has 0 spiro atoms. The van der Waals surface area contributed by atoms with E-state index in [-0.39, 0.29) is 28.7 Å². The lowest BCUT2D eigenvalue weighted by Crippen LogP contribution is -2.09. The number of ether oxygens (including phenoxy) is 1. The molecule has 2 aromatic rings. The van der Waals surface area contributed by atoms with E-state index in [4.69, 9.17) is 26.4 Å². The van der Waals surface area contributed by atoms with Crippen LogP contribution in [0.3, 0.4) is 0 Å². The van der Waals surface area contributed by atoms with Gasteiger partial charge >= 0.3 is 0 Å². The summed E-state index contributed by atoms with van der Waals surface area (Å²) in [5.41, 5.74) is 3.59. The summed E-state index contributed by atoms with van der Waals surface area (Å²) in [5, 5.41) is 9.17. The van der Waals surface area contributed by atoms with Crippen molar-refractivity contribution in [2.75, 3.05) is 19.5 Å². The van der Waals surface area contributed by atoms with Gasteiger partial charge < -0.3 is 9.84 Å². The molecule has 1 aliphatic rings. The van der Waals surface area contributed by atoms with Crippen LogP contribution in [0.5, 0.6) is 5.88 Å². The van der Waals surface area contributed by atoms with Crippen LogP contribution in [-0.4, -0.2) is 38.0 Å². The molecule has 1 aromatic heterocycles. The molecule has 0 saturated heterocycles. The number of sulfone groups is 1. The molecule has 5 nitrogen and oxygen atoms in total. The van der Waals surface area contributed by atoms with Crippen LogP contribution < -0.4 is 4.74 Å². The number of hydrogen-bond acceptors (Lipinski definition) is 5. The van der Waals surface area contributed by atoms with Crippen molar-refractivity contribution in [1.29, 1.82) is 0 Å². The predicted molar refractivity (Wildman–Crippen MR) is 124 cm³/mol. The second-order valence-electron chi connectivity index (χ2n) is 7.88. The van der Waals surface area contributed by atoms with Crippen LogP contribution in [0.1, 0.15) is 55.8 Å². The van der Waals surface area contributed by atoms with Crippen LogP contribution in [0, 0.1) is 5.92 Å². The zero-order valence-corrected chi connectivity index (χ0v) is 19.7. The SMILES string of the molecule is CCc1ccc(/C(=C/C2CCCC2)c2ccc(S(=O)(=O)CCCO)c(Cl)c2)nc1OC. The van der Waals surface area contributed by atoms with Crippen LogP contribution in [-0.2, 0) is 16.3 Å². The summed E-state index contributed by atoms with van der Waals surface area (Å²) in [7, 11) is -1.93. The van der Waals surface area contributed by atoms with E-state index in [0.717, 1.165) is 41.7 Å².